The third kappa shape index (κ3) is 4.16. The second-order valence-electron chi connectivity index (χ2n) is 7.89. The molecule has 0 saturated carbocycles. The quantitative estimate of drug-likeness (QED) is 0.348. The number of nitrogens with one attached hydrogen (secondary N) is 1. The number of carbonyl (C=O) groups is 1. The number of aromatic nitrogens is 1. The molecule has 3 nitrogen and oxygen atoms in total. The minimum atomic E-state index is -0.207. The normalized spacial score (nSPS) is 11.0. The van der Waals surface area contributed by atoms with E-state index in [4.69, 9.17) is 28.2 Å². The Morgan fingerprint density at radius 3 is 2.23 bits per heavy atom. The first-order chi connectivity index (χ1) is 14.7. The molecule has 0 aliphatic carbocycles. The van der Waals surface area contributed by atoms with Gasteiger partial charge in [-0.3, -0.25) is 4.79 Å². The van der Waals surface area contributed by atoms with Gasteiger partial charge in [-0.15, -0.1) is 0 Å². The van der Waals surface area contributed by atoms with Crippen LogP contribution in [0.2, 0.25) is 10.0 Å². The first-order valence-electron chi connectivity index (χ1n) is 9.99. The van der Waals surface area contributed by atoms with Crippen molar-refractivity contribution in [3.05, 3.63) is 92.5 Å². The number of anilines is 1. The maximum atomic E-state index is 13.5. The zero-order chi connectivity index (χ0) is 22.3. The molecule has 1 aromatic heterocycles. The summed E-state index contributed by atoms with van der Waals surface area (Å²) in [5.74, 6) is -0.207. The summed E-state index contributed by atoms with van der Waals surface area (Å²) in [6.45, 7) is 8.05. The number of amides is 1. The molecular weight excluding hydrogens is 427 g/mol. The number of rotatable bonds is 3. The van der Waals surface area contributed by atoms with Crippen LogP contribution in [0, 0.1) is 27.7 Å². The number of nitrogens with zero attached hydrogens (tertiary/aromatic N) is 1. The lowest BCUT2D eigenvalue weighted by Crippen LogP contribution is -2.15. The number of pyridine rings is 1. The highest BCUT2D eigenvalue weighted by atomic mass is 35.5. The van der Waals surface area contributed by atoms with Crippen molar-refractivity contribution in [2.45, 2.75) is 27.7 Å². The van der Waals surface area contributed by atoms with Crippen molar-refractivity contribution >= 4 is 45.7 Å². The van der Waals surface area contributed by atoms with Gasteiger partial charge in [0.15, 0.2) is 0 Å². The molecular formula is C26H22Cl2N2O. The van der Waals surface area contributed by atoms with Crippen LogP contribution in [0.5, 0.6) is 0 Å². The van der Waals surface area contributed by atoms with Gasteiger partial charge in [-0.25, -0.2) is 4.98 Å². The molecule has 0 fully saturated rings. The van der Waals surface area contributed by atoms with Crippen molar-refractivity contribution in [3.8, 4) is 11.3 Å². The molecule has 1 amide bonds. The van der Waals surface area contributed by atoms with Gasteiger partial charge in [0.2, 0.25) is 0 Å². The fraction of sp³-hybridized carbons (Fsp3) is 0.154. The van der Waals surface area contributed by atoms with E-state index in [1.807, 2.05) is 45.9 Å². The van der Waals surface area contributed by atoms with Crippen molar-refractivity contribution in [2.75, 3.05) is 5.32 Å². The average Bonchev–Trinajstić information content (AvgIpc) is 2.71. The van der Waals surface area contributed by atoms with Crippen LogP contribution in [0.1, 0.15) is 32.6 Å². The Morgan fingerprint density at radius 1 is 0.839 bits per heavy atom. The fourth-order valence-corrected chi connectivity index (χ4v) is 4.17. The second-order valence-corrected chi connectivity index (χ2v) is 8.70. The van der Waals surface area contributed by atoms with Gasteiger partial charge in [-0.2, -0.15) is 0 Å². The molecule has 156 valence electrons. The Morgan fingerprint density at radius 2 is 1.55 bits per heavy atom. The number of carbonyl (C=O) groups excluding carboxylic acids is 1. The molecule has 0 atom stereocenters. The van der Waals surface area contributed by atoms with E-state index in [9.17, 15) is 4.79 Å². The molecule has 0 aliphatic heterocycles. The average molecular weight is 449 g/mol. The summed E-state index contributed by atoms with van der Waals surface area (Å²) in [7, 11) is 0. The molecule has 1 N–H and O–H groups in total. The third-order valence-electron chi connectivity index (χ3n) is 5.40. The van der Waals surface area contributed by atoms with Crippen LogP contribution in [-0.2, 0) is 0 Å². The lowest BCUT2D eigenvalue weighted by molar-refractivity contribution is 0.102. The lowest BCUT2D eigenvalue weighted by Gasteiger charge is -2.17. The minimum Gasteiger partial charge on any atom is -0.322 e. The largest absolute Gasteiger partial charge is 0.322 e. The van der Waals surface area contributed by atoms with Crippen molar-refractivity contribution < 1.29 is 4.79 Å². The number of hydrogen-bond acceptors (Lipinski definition) is 2. The van der Waals surface area contributed by atoms with Gasteiger partial charge >= 0.3 is 0 Å². The highest BCUT2D eigenvalue weighted by Gasteiger charge is 2.20. The SMILES string of the molecule is Cc1ccc(-c2nc3c(C)cc(C)cc3c(C(=O)Nc3ccc(Cl)c(Cl)c3)c2C)cc1. The van der Waals surface area contributed by atoms with E-state index in [1.165, 1.54) is 5.56 Å². The monoisotopic (exact) mass is 448 g/mol. The Labute approximate surface area is 192 Å². The number of halogens is 2. The summed E-state index contributed by atoms with van der Waals surface area (Å²) in [6.07, 6.45) is 0. The fourth-order valence-electron chi connectivity index (χ4n) is 3.87. The maximum Gasteiger partial charge on any atom is 0.256 e. The highest BCUT2D eigenvalue weighted by Crippen LogP contribution is 2.33. The standard InChI is InChI=1S/C26H22Cl2N2O/c1-14-5-7-18(8-6-14)25-17(4)23(20-12-15(2)11-16(3)24(20)30-25)26(31)29-19-9-10-21(27)22(28)13-19/h5-13H,1-4H3,(H,29,31). The van der Waals surface area contributed by atoms with Crippen LogP contribution in [0.4, 0.5) is 5.69 Å². The number of benzene rings is 3. The summed E-state index contributed by atoms with van der Waals surface area (Å²) in [5, 5.41) is 4.65. The molecule has 0 aliphatic rings. The maximum absolute atomic E-state index is 13.5. The van der Waals surface area contributed by atoms with Crippen LogP contribution >= 0.6 is 23.2 Å². The first-order valence-corrected chi connectivity index (χ1v) is 10.7. The summed E-state index contributed by atoms with van der Waals surface area (Å²) < 4.78 is 0. The molecule has 0 bridgehead atoms. The van der Waals surface area contributed by atoms with E-state index in [0.717, 1.165) is 38.9 Å². The summed E-state index contributed by atoms with van der Waals surface area (Å²) in [5.41, 5.74) is 7.93. The summed E-state index contributed by atoms with van der Waals surface area (Å²) >= 11 is 12.2. The van der Waals surface area contributed by atoms with Crippen LogP contribution in [0.15, 0.2) is 54.6 Å². The van der Waals surface area contributed by atoms with E-state index in [1.54, 1.807) is 18.2 Å². The summed E-state index contributed by atoms with van der Waals surface area (Å²) in [6, 6.07) is 17.4. The van der Waals surface area contributed by atoms with E-state index >= 15 is 0 Å². The van der Waals surface area contributed by atoms with Crippen molar-refractivity contribution in [1.82, 2.24) is 4.98 Å². The van der Waals surface area contributed by atoms with Gasteiger partial charge in [0.1, 0.15) is 0 Å². The molecule has 0 saturated heterocycles. The second kappa shape index (κ2) is 8.33. The van der Waals surface area contributed by atoms with Gasteiger partial charge in [-0.05, 0) is 63.1 Å². The number of hydrogen-bond donors (Lipinski definition) is 1. The van der Waals surface area contributed by atoms with Crippen molar-refractivity contribution in [3.63, 3.8) is 0 Å². The van der Waals surface area contributed by atoms with Crippen molar-refractivity contribution in [2.24, 2.45) is 0 Å². The van der Waals surface area contributed by atoms with Crippen LogP contribution in [0.25, 0.3) is 22.2 Å². The molecule has 1 heterocycles. The summed E-state index contributed by atoms with van der Waals surface area (Å²) in [4.78, 5) is 18.5. The van der Waals surface area contributed by atoms with Gasteiger partial charge < -0.3 is 5.32 Å². The molecule has 5 heteroatoms. The minimum absolute atomic E-state index is 0.207. The van der Waals surface area contributed by atoms with E-state index < -0.39 is 0 Å². The lowest BCUT2D eigenvalue weighted by atomic mass is 9.94. The van der Waals surface area contributed by atoms with Gasteiger partial charge in [0, 0.05) is 16.6 Å². The molecule has 3 aromatic carbocycles. The molecule has 4 aromatic rings. The van der Waals surface area contributed by atoms with E-state index in [2.05, 4.69) is 23.5 Å². The molecule has 0 unspecified atom stereocenters. The molecule has 0 radical (unpaired) electrons. The van der Waals surface area contributed by atoms with Gasteiger partial charge in [-0.1, -0.05) is 64.7 Å². The third-order valence-corrected chi connectivity index (χ3v) is 6.14. The smallest absolute Gasteiger partial charge is 0.256 e. The Bertz CT molecular complexity index is 1330. The topological polar surface area (TPSA) is 42.0 Å². The first kappa shape index (κ1) is 21.4. The predicted octanol–water partition coefficient (Wildman–Crippen LogP) is 7.69. The van der Waals surface area contributed by atoms with Crippen LogP contribution in [0.3, 0.4) is 0 Å². The van der Waals surface area contributed by atoms with Crippen LogP contribution < -0.4 is 5.32 Å². The zero-order valence-corrected chi connectivity index (χ0v) is 19.3. The number of aryl methyl sites for hydroxylation is 3. The van der Waals surface area contributed by atoms with E-state index in [0.29, 0.717) is 21.3 Å². The Hall–Kier alpha value is -2.88. The van der Waals surface area contributed by atoms with Crippen LogP contribution in [-0.4, -0.2) is 10.9 Å². The zero-order valence-electron chi connectivity index (χ0n) is 17.8. The van der Waals surface area contributed by atoms with Gasteiger partial charge in [0.05, 0.1) is 26.8 Å². The van der Waals surface area contributed by atoms with Gasteiger partial charge in [0.25, 0.3) is 5.91 Å². The highest BCUT2D eigenvalue weighted by molar-refractivity contribution is 6.42. The molecule has 4 rings (SSSR count). The number of fused-ring (bicyclic) bond motifs is 1. The Kier molecular flexibility index (Phi) is 5.74. The molecule has 31 heavy (non-hydrogen) atoms. The van der Waals surface area contributed by atoms with Crippen molar-refractivity contribution in [1.29, 1.82) is 0 Å². The molecule has 0 spiro atoms. The Balaban J connectivity index is 1.93. The van der Waals surface area contributed by atoms with E-state index in [-0.39, 0.29) is 5.91 Å². The predicted molar refractivity (Wildman–Crippen MR) is 131 cm³/mol.